The Kier molecular flexibility index (Phi) is 6.60. The molecule has 1 aromatic heterocycles. The van der Waals surface area contributed by atoms with E-state index in [1.54, 1.807) is 42.1 Å². The molecule has 2 atom stereocenters. The lowest BCUT2D eigenvalue weighted by Crippen LogP contribution is -2.31. The van der Waals surface area contributed by atoms with Gasteiger partial charge in [-0.25, -0.2) is 9.07 Å². The van der Waals surface area contributed by atoms with Gasteiger partial charge in [0.05, 0.1) is 24.1 Å². The summed E-state index contributed by atoms with van der Waals surface area (Å²) in [6, 6.07) is 11.9. The molecule has 1 fully saturated rings. The highest BCUT2D eigenvalue weighted by Crippen LogP contribution is 2.35. The van der Waals surface area contributed by atoms with Crippen molar-refractivity contribution in [3.05, 3.63) is 59.9 Å². The molecule has 4 rings (SSSR count). The summed E-state index contributed by atoms with van der Waals surface area (Å²) in [4.78, 5) is 0. The molecule has 0 amide bonds. The highest BCUT2D eigenvalue weighted by Gasteiger charge is 2.34. The largest absolute Gasteiger partial charge is 0.497 e. The third-order valence-electron chi connectivity index (χ3n) is 5.99. The van der Waals surface area contributed by atoms with Gasteiger partial charge in [0.1, 0.15) is 17.4 Å². The lowest BCUT2D eigenvalue weighted by atomic mass is 9.86. The van der Waals surface area contributed by atoms with E-state index in [4.69, 9.17) is 10.5 Å². The van der Waals surface area contributed by atoms with Crippen molar-refractivity contribution < 1.29 is 22.3 Å². The van der Waals surface area contributed by atoms with E-state index in [0.29, 0.717) is 35.4 Å². The summed E-state index contributed by atoms with van der Waals surface area (Å²) in [5.41, 5.74) is 6.21. The number of benzene rings is 2. The normalized spacial score (nSPS) is 18.8. The molecule has 2 aromatic carbocycles. The summed E-state index contributed by atoms with van der Waals surface area (Å²) in [5, 5.41) is 7.93. The smallest absolute Gasteiger partial charge is 0.419 e. The highest BCUT2D eigenvalue weighted by molar-refractivity contribution is 5.66. The number of nitrogens with one attached hydrogen (secondary N) is 1. The number of halogens is 4. The number of methoxy groups -OCH3 is 1. The van der Waals surface area contributed by atoms with Gasteiger partial charge in [-0.1, -0.05) is 12.5 Å². The molecule has 1 heterocycles. The van der Waals surface area contributed by atoms with Crippen LogP contribution in [0.2, 0.25) is 0 Å². The van der Waals surface area contributed by atoms with Crippen LogP contribution in [0, 0.1) is 11.7 Å². The maximum atomic E-state index is 14.3. The van der Waals surface area contributed by atoms with Crippen molar-refractivity contribution in [2.75, 3.05) is 19.0 Å². The van der Waals surface area contributed by atoms with Gasteiger partial charge in [-0.05, 0) is 61.6 Å². The van der Waals surface area contributed by atoms with Crippen LogP contribution < -0.4 is 15.8 Å². The van der Waals surface area contributed by atoms with E-state index in [1.165, 1.54) is 6.07 Å². The molecule has 9 heteroatoms. The van der Waals surface area contributed by atoms with Gasteiger partial charge >= 0.3 is 6.18 Å². The summed E-state index contributed by atoms with van der Waals surface area (Å²) in [6.45, 7) is 0.689. The number of hydrogen-bond acceptors (Lipinski definition) is 4. The number of anilines is 1. The van der Waals surface area contributed by atoms with Crippen LogP contribution >= 0.6 is 0 Å². The molecule has 1 aliphatic carbocycles. The van der Waals surface area contributed by atoms with Crippen LogP contribution in [0.25, 0.3) is 16.9 Å². The van der Waals surface area contributed by atoms with Crippen molar-refractivity contribution in [1.82, 2.24) is 9.78 Å². The van der Waals surface area contributed by atoms with E-state index >= 15 is 0 Å². The van der Waals surface area contributed by atoms with Crippen molar-refractivity contribution in [1.29, 1.82) is 0 Å². The Hall–Kier alpha value is -3.07. The quantitative estimate of drug-likeness (QED) is 0.466. The predicted octanol–water partition coefficient (Wildman–Crippen LogP) is 5.64. The zero-order chi connectivity index (χ0) is 23.6. The Morgan fingerprint density at radius 3 is 2.52 bits per heavy atom. The molecule has 0 bridgehead atoms. The van der Waals surface area contributed by atoms with Crippen molar-refractivity contribution in [3.8, 4) is 22.7 Å². The molecule has 0 unspecified atom stereocenters. The molecule has 3 aromatic rings. The zero-order valence-electron chi connectivity index (χ0n) is 18.2. The first kappa shape index (κ1) is 23.1. The SMILES string of the molecule is COc1ccc(-n2nc(NC[C@H]3CCC[C@H](N)C3)cc2-c2ccc(C(F)(F)F)c(F)c2)cc1. The molecule has 0 radical (unpaired) electrons. The first-order valence-electron chi connectivity index (χ1n) is 10.9. The lowest BCUT2D eigenvalue weighted by molar-refractivity contribution is -0.139. The number of ether oxygens (including phenoxy) is 1. The van der Waals surface area contributed by atoms with Crippen LogP contribution in [0.4, 0.5) is 23.4 Å². The minimum atomic E-state index is -4.76. The van der Waals surface area contributed by atoms with E-state index in [-0.39, 0.29) is 11.6 Å². The lowest BCUT2D eigenvalue weighted by Gasteiger charge is -2.26. The van der Waals surface area contributed by atoms with E-state index in [0.717, 1.165) is 37.8 Å². The van der Waals surface area contributed by atoms with E-state index in [9.17, 15) is 17.6 Å². The van der Waals surface area contributed by atoms with Gasteiger partial charge in [-0.3, -0.25) is 0 Å². The van der Waals surface area contributed by atoms with Crippen molar-refractivity contribution in [2.24, 2.45) is 11.7 Å². The number of rotatable bonds is 6. The van der Waals surface area contributed by atoms with Crippen molar-refractivity contribution >= 4 is 5.82 Å². The Morgan fingerprint density at radius 1 is 1.12 bits per heavy atom. The van der Waals surface area contributed by atoms with Gasteiger partial charge < -0.3 is 15.8 Å². The minimum absolute atomic E-state index is 0.202. The van der Waals surface area contributed by atoms with Crippen molar-refractivity contribution in [3.63, 3.8) is 0 Å². The Morgan fingerprint density at radius 2 is 1.88 bits per heavy atom. The van der Waals surface area contributed by atoms with Crippen LogP contribution in [0.15, 0.2) is 48.5 Å². The highest BCUT2D eigenvalue weighted by atomic mass is 19.4. The molecular weight excluding hydrogens is 436 g/mol. The topological polar surface area (TPSA) is 65.1 Å². The van der Waals surface area contributed by atoms with Crippen LogP contribution in [0.3, 0.4) is 0 Å². The second kappa shape index (κ2) is 9.43. The average Bonchev–Trinajstić information content (AvgIpc) is 3.21. The summed E-state index contributed by atoms with van der Waals surface area (Å²) in [6.07, 6.45) is -0.622. The van der Waals surface area contributed by atoms with E-state index < -0.39 is 17.6 Å². The van der Waals surface area contributed by atoms with Gasteiger partial charge in [0.2, 0.25) is 0 Å². The second-order valence-corrected chi connectivity index (χ2v) is 8.39. The Bertz CT molecular complexity index is 1090. The molecule has 0 spiro atoms. The molecule has 5 nitrogen and oxygen atoms in total. The van der Waals surface area contributed by atoms with Gasteiger partial charge in [-0.15, -0.1) is 5.10 Å². The first-order valence-corrected chi connectivity index (χ1v) is 10.9. The Labute approximate surface area is 189 Å². The fourth-order valence-electron chi connectivity index (χ4n) is 4.26. The molecular formula is C24H26F4N4O. The number of aromatic nitrogens is 2. The number of alkyl halides is 3. The first-order chi connectivity index (χ1) is 15.7. The molecule has 1 aliphatic rings. The average molecular weight is 462 g/mol. The van der Waals surface area contributed by atoms with Crippen LogP contribution in [-0.2, 0) is 6.18 Å². The number of nitrogens with zero attached hydrogens (tertiary/aromatic N) is 2. The standard InChI is InChI=1S/C24H26F4N4O/c1-33-19-8-6-18(7-9-19)32-22(16-5-10-20(21(25)12-16)24(26,27)28)13-23(31-32)30-14-15-3-2-4-17(29)11-15/h5-10,12-13,15,17H,2-4,11,14,29H2,1H3,(H,30,31)/t15-,17-/m0/s1. The third kappa shape index (κ3) is 5.30. The fraction of sp³-hybridized carbons (Fsp3) is 0.375. The van der Waals surface area contributed by atoms with Crippen LogP contribution in [-0.4, -0.2) is 29.5 Å². The van der Waals surface area contributed by atoms with E-state index in [1.807, 2.05) is 0 Å². The molecule has 33 heavy (non-hydrogen) atoms. The van der Waals surface area contributed by atoms with Crippen LogP contribution in [0.1, 0.15) is 31.2 Å². The third-order valence-corrected chi connectivity index (χ3v) is 5.99. The van der Waals surface area contributed by atoms with Gasteiger partial charge in [0.15, 0.2) is 0 Å². The monoisotopic (exact) mass is 462 g/mol. The zero-order valence-corrected chi connectivity index (χ0v) is 18.2. The van der Waals surface area contributed by atoms with Crippen molar-refractivity contribution in [2.45, 2.75) is 37.9 Å². The maximum absolute atomic E-state index is 14.3. The van der Waals surface area contributed by atoms with E-state index in [2.05, 4.69) is 10.4 Å². The maximum Gasteiger partial charge on any atom is 0.419 e. The predicted molar refractivity (Wildman–Crippen MR) is 119 cm³/mol. The second-order valence-electron chi connectivity index (χ2n) is 8.39. The van der Waals surface area contributed by atoms with Crippen LogP contribution in [0.5, 0.6) is 5.75 Å². The summed E-state index contributed by atoms with van der Waals surface area (Å²) in [5.74, 6) is 0.306. The summed E-state index contributed by atoms with van der Waals surface area (Å²) < 4.78 is 60.1. The summed E-state index contributed by atoms with van der Waals surface area (Å²) in [7, 11) is 1.55. The Balaban J connectivity index is 1.67. The summed E-state index contributed by atoms with van der Waals surface area (Å²) >= 11 is 0. The number of nitrogens with two attached hydrogens (primary N) is 1. The van der Waals surface area contributed by atoms with Gasteiger partial charge in [-0.2, -0.15) is 13.2 Å². The minimum Gasteiger partial charge on any atom is -0.497 e. The van der Waals surface area contributed by atoms with Gasteiger partial charge in [0.25, 0.3) is 0 Å². The molecule has 0 aliphatic heterocycles. The number of hydrogen-bond donors (Lipinski definition) is 2. The fourth-order valence-corrected chi connectivity index (χ4v) is 4.26. The molecule has 3 N–H and O–H groups in total. The molecule has 1 saturated carbocycles. The molecule has 176 valence electrons. The van der Waals surface area contributed by atoms with Gasteiger partial charge in [0, 0.05) is 24.2 Å². The molecule has 0 saturated heterocycles.